The topological polar surface area (TPSA) is 95.6 Å². The normalized spacial score (nSPS) is 11.2. The molecule has 162 valence electrons. The Hall–Kier alpha value is -3.36. The maximum absolute atomic E-state index is 11.2. The van der Waals surface area contributed by atoms with Gasteiger partial charge in [0.15, 0.2) is 5.75 Å². The van der Waals surface area contributed by atoms with E-state index in [2.05, 4.69) is 26.7 Å². The molecule has 31 heavy (non-hydrogen) atoms. The molecule has 3 rings (SSSR count). The number of para-hydroxylation sites is 1. The van der Waals surface area contributed by atoms with E-state index in [0.29, 0.717) is 25.2 Å². The minimum Gasteiger partial charge on any atom is -0.502 e. The summed E-state index contributed by atoms with van der Waals surface area (Å²) >= 11 is 0. The second-order valence-electron chi connectivity index (χ2n) is 7.26. The van der Waals surface area contributed by atoms with Crippen molar-refractivity contribution in [1.82, 2.24) is 19.8 Å². The number of rotatable bonds is 11. The van der Waals surface area contributed by atoms with Crippen LogP contribution in [-0.2, 0) is 19.6 Å². The lowest BCUT2D eigenvalue weighted by molar-refractivity contribution is -0.385. The second-order valence-corrected chi connectivity index (χ2v) is 7.26. The monoisotopic (exact) mass is 421 g/mol. The predicted molar refractivity (Wildman–Crippen MR) is 118 cm³/mol. The number of nitro benzene ring substituents is 1. The van der Waals surface area contributed by atoms with Gasteiger partial charge in [0.05, 0.1) is 16.3 Å². The van der Waals surface area contributed by atoms with Gasteiger partial charge >= 0.3 is 5.69 Å². The molecule has 0 saturated heterocycles. The fraction of sp³-hybridized carbons (Fsp3) is 0.304. The molecule has 0 bridgehead atoms. The predicted octanol–water partition coefficient (Wildman–Crippen LogP) is 3.61. The van der Waals surface area contributed by atoms with Crippen LogP contribution in [0.25, 0.3) is 0 Å². The lowest BCUT2D eigenvalue weighted by Crippen LogP contribution is -2.34. The Balaban J connectivity index is 1.73. The number of phenols is 1. The van der Waals surface area contributed by atoms with Gasteiger partial charge in [0.25, 0.3) is 0 Å². The van der Waals surface area contributed by atoms with E-state index in [0.717, 1.165) is 31.0 Å². The summed E-state index contributed by atoms with van der Waals surface area (Å²) in [7, 11) is 0. The van der Waals surface area contributed by atoms with Gasteiger partial charge in [-0.05, 0) is 30.8 Å². The van der Waals surface area contributed by atoms with Crippen LogP contribution in [0.4, 0.5) is 5.69 Å². The van der Waals surface area contributed by atoms with E-state index in [9.17, 15) is 15.2 Å². The lowest BCUT2D eigenvalue weighted by Gasteiger charge is -2.27. The molecule has 0 aliphatic carbocycles. The third kappa shape index (κ3) is 6.56. The molecular formula is C23H27N5O3. The highest BCUT2D eigenvalue weighted by molar-refractivity contribution is 5.50. The quantitative estimate of drug-likeness (QED) is 0.373. The van der Waals surface area contributed by atoms with Crippen LogP contribution in [0.5, 0.6) is 5.75 Å². The van der Waals surface area contributed by atoms with Gasteiger partial charge in [-0.15, -0.1) is 0 Å². The molecule has 1 N–H and O–H groups in total. The van der Waals surface area contributed by atoms with Crippen LogP contribution < -0.4 is 0 Å². The van der Waals surface area contributed by atoms with Crippen LogP contribution in [0.1, 0.15) is 23.9 Å². The van der Waals surface area contributed by atoms with Crippen molar-refractivity contribution < 1.29 is 10.0 Å². The molecule has 0 fully saturated rings. The number of hydrogen-bond acceptors (Lipinski definition) is 7. The Labute approximate surface area is 182 Å². The number of aromatic nitrogens is 2. The molecule has 0 radical (unpaired) electrons. The molecule has 8 heteroatoms. The average molecular weight is 422 g/mol. The van der Waals surface area contributed by atoms with Crippen molar-refractivity contribution in [2.75, 3.05) is 19.6 Å². The van der Waals surface area contributed by atoms with E-state index in [-0.39, 0.29) is 11.4 Å². The maximum Gasteiger partial charge on any atom is 0.311 e. The second kappa shape index (κ2) is 11.1. The molecule has 2 heterocycles. The molecule has 0 aliphatic heterocycles. The summed E-state index contributed by atoms with van der Waals surface area (Å²) < 4.78 is 0. The number of likely N-dealkylation sites (N-methyl/N-ethyl adjacent to an activating group) is 1. The van der Waals surface area contributed by atoms with Gasteiger partial charge in [-0.2, -0.15) is 0 Å². The summed E-state index contributed by atoms with van der Waals surface area (Å²) in [5, 5.41) is 21.6. The zero-order chi connectivity index (χ0) is 22.1. The van der Waals surface area contributed by atoms with Gasteiger partial charge in [0.1, 0.15) is 0 Å². The zero-order valence-electron chi connectivity index (χ0n) is 17.6. The first kappa shape index (κ1) is 22.3. The summed E-state index contributed by atoms with van der Waals surface area (Å²) in [6.45, 7) is 6.18. The highest BCUT2D eigenvalue weighted by Crippen LogP contribution is 2.30. The van der Waals surface area contributed by atoms with Crippen molar-refractivity contribution in [1.29, 1.82) is 0 Å². The Kier molecular flexibility index (Phi) is 8.03. The fourth-order valence-electron chi connectivity index (χ4n) is 3.38. The van der Waals surface area contributed by atoms with E-state index in [1.807, 2.05) is 36.4 Å². The first-order chi connectivity index (χ1) is 15.1. The zero-order valence-corrected chi connectivity index (χ0v) is 17.6. The number of phenolic OH excluding ortho intramolecular Hbond substituents is 1. The molecule has 2 aromatic heterocycles. The maximum atomic E-state index is 11.2. The molecule has 0 unspecified atom stereocenters. The molecule has 8 nitrogen and oxygen atoms in total. The van der Waals surface area contributed by atoms with E-state index in [4.69, 9.17) is 0 Å². The Morgan fingerprint density at radius 2 is 1.48 bits per heavy atom. The van der Waals surface area contributed by atoms with Gasteiger partial charge in [-0.1, -0.05) is 31.2 Å². The van der Waals surface area contributed by atoms with Gasteiger partial charge in [0, 0.05) is 56.7 Å². The van der Waals surface area contributed by atoms with Crippen LogP contribution in [0.2, 0.25) is 0 Å². The van der Waals surface area contributed by atoms with Gasteiger partial charge in [-0.25, -0.2) is 0 Å². The Morgan fingerprint density at radius 1 is 0.871 bits per heavy atom. The standard InChI is InChI=1S/C23H27N5O3/c1-2-26(17-20-9-3-5-12-24-20)14-15-27(18-21-10-4-6-13-25-21)16-19-8-7-11-22(23(19)29)28(30)31/h3-13,29H,2,14-18H2,1H3. The van der Waals surface area contributed by atoms with Crippen molar-refractivity contribution >= 4 is 5.69 Å². The molecule has 1 aromatic carbocycles. The van der Waals surface area contributed by atoms with E-state index < -0.39 is 4.92 Å². The molecular weight excluding hydrogens is 394 g/mol. The number of aromatic hydroxyl groups is 1. The largest absolute Gasteiger partial charge is 0.502 e. The van der Waals surface area contributed by atoms with Crippen LogP contribution in [0, 0.1) is 10.1 Å². The molecule has 0 spiro atoms. The Bertz CT molecular complexity index is 969. The van der Waals surface area contributed by atoms with Crippen molar-refractivity contribution in [2.45, 2.75) is 26.6 Å². The SMILES string of the molecule is CCN(CCN(Cc1ccccn1)Cc1cccc([N+](=O)[O-])c1O)Cc1ccccn1. The van der Waals surface area contributed by atoms with Crippen molar-refractivity contribution in [3.8, 4) is 5.75 Å². The van der Waals surface area contributed by atoms with Gasteiger partial charge in [-0.3, -0.25) is 29.9 Å². The number of hydrogen-bond donors (Lipinski definition) is 1. The van der Waals surface area contributed by atoms with E-state index >= 15 is 0 Å². The summed E-state index contributed by atoms with van der Waals surface area (Å²) in [6, 6.07) is 16.3. The molecule has 3 aromatic rings. The van der Waals surface area contributed by atoms with Crippen LogP contribution >= 0.6 is 0 Å². The summed E-state index contributed by atoms with van der Waals surface area (Å²) in [4.78, 5) is 23.9. The molecule has 0 amide bonds. The summed E-state index contributed by atoms with van der Waals surface area (Å²) in [6.07, 6.45) is 3.54. The highest BCUT2D eigenvalue weighted by atomic mass is 16.6. The smallest absolute Gasteiger partial charge is 0.311 e. The minimum atomic E-state index is -0.562. The molecule has 0 saturated carbocycles. The van der Waals surface area contributed by atoms with Crippen LogP contribution in [0.3, 0.4) is 0 Å². The van der Waals surface area contributed by atoms with E-state index in [1.54, 1.807) is 24.5 Å². The first-order valence-electron chi connectivity index (χ1n) is 10.3. The third-order valence-electron chi connectivity index (χ3n) is 5.09. The minimum absolute atomic E-state index is 0.277. The van der Waals surface area contributed by atoms with Gasteiger partial charge < -0.3 is 5.11 Å². The first-order valence-corrected chi connectivity index (χ1v) is 10.3. The number of pyridine rings is 2. The number of nitro groups is 1. The summed E-state index contributed by atoms with van der Waals surface area (Å²) in [5.41, 5.74) is 2.16. The fourth-order valence-corrected chi connectivity index (χ4v) is 3.38. The third-order valence-corrected chi connectivity index (χ3v) is 5.09. The van der Waals surface area contributed by atoms with Crippen molar-refractivity contribution in [3.63, 3.8) is 0 Å². The van der Waals surface area contributed by atoms with Crippen LogP contribution in [0.15, 0.2) is 67.0 Å². The summed E-state index contributed by atoms with van der Waals surface area (Å²) in [5.74, 6) is -0.278. The van der Waals surface area contributed by atoms with Crippen molar-refractivity contribution in [2.24, 2.45) is 0 Å². The molecule has 0 aliphatic rings. The Morgan fingerprint density at radius 3 is 2.03 bits per heavy atom. The van der Waals surface area contributed by atoms with Gasteiger partial charge in [0.2, 0.25) is 0 Å². The van der Waals surface area contributed by atoms with E-state index in [1.165, 1.54) is 6.07 Å². The van der Waals surface area contributed by atoms with Crippen molar-refractivity contribution in [3.05, 3.63) is 94.1 Å². The number of nitrogens with zero attached hydrogens (tertiary/aromatic N) is 5. The molecule has 0 atom stereocenters. The average Bonchev–Trinajstić information content (AvgIpc) is 2.79. The van der Waals surface area contributed by atoms with Crippen LogP contribution in [-0.4, -0.2) is 49.4 Å². The number of benzene rings is 1. The highest BCUT2D eigenvalue weighted by Gasteiger charge is 2.19. The lowest BCUT2D eigenvalue weighted by atomic mass is 10.1.